The van der Waals surface area contributed by atoms with Gasteiger partial charge in [-0.2, -0.15) is 0 Å². The predicted molar refractivity (Wildman–Crippen MR) is 92.1 cm³/mol. The third-order valence-electron chi connectivity index (χ3n) is 4.18. The summed E-state index contributed by atoms with van der Waals surface area (Å²) in [6, 6.07) is 5.06. The van der Waals surface area contributed by atoms with Crippen molar-refractivity contribution < 1.29 is 5.11 Å². The molecule has 2 aromatic rings. The monoisotopic (exact) mass is 324 g/mol. The molecule has 1 aromatic heterocycles. The Morgan fingerprint density at radius 1 is 1.38 bits per heavy atom. The van der Waals surface area contributed by atoms with Crippen LogP contribution < -0.4 is 5.32 Å². The summed E-state index contributed by atoms with van der Waals surface area (Å²) in [5.41, 5.74) is 2.12. The van der Waals surface area contributed by atoms with Crippen molar-refractivity contribution in [2.24, 2.45) is 0 Å². The SMILES string of the molecule is [C-]#[N+]c1ccc(-c2nnc(N[C@@H]3CCCN(C)C3)nc2C)c(O)c1. The third-order valence-corrected chi connectivity index (χ3v) is 4.18. The number of phenols is 1. The lowest BCUT2D eigenvalue weighted by atomic mass is 10.1. The minimum Gasteiger partial charge on any atom is -0.509 e. The summed E-state index contributed by atoms with van der Waals surface area (Å²) in [5.74, 6) is 0.520. The normalized spacial score (nSPS) is 18.1. The lowest BCUT2D eigenvalue weighted by molar-refractivity contribution is 0.260. The number of phenolic OH excluding ortho intramolecular Hbond substituents is 1. The van der Waals surface area contributed by atoms with Crippen molar-refractivity contribution in [1.82, 2.24) is 20.1 Å². The molecule has 7 heteroatoms. The summed E-state index contributed by atoms with van der Waals surface area (Å²) in [7, 11) is 2.11. The second-order valence-corrected chi connectivity index (χ2v) is 6.13. The van der Waals surface area contributed by atoms with Gasteiger partial charge in [0, 0.05) is 18.2 Å². The maximum atomic E-state index is 10.1. The van der Waals surface area contributed by atoms with Gasteiger partial charge in [0.15, 0.2) is 5.69 Å². The number of nitrogens with zero attached hydrogens (tertiary/aromatic N) is 5. The molecule has 3 rings (SSSR count). The van der Waals surface area contributed by atoms with E-state index in [0.29, 0.717) is 34.6 Å². The Kier molecular flexibility index (Phi) is 4.58. The standard InChI is InChI=1S/C17H20N6O/c1-11-16(14-7-6-12(18-2)9-15(14)24)21-22-17(19-11)20-13-5-4-8-23(3)10-13/h6-7,9,13,24H,4-5,8,10H2,1,3H3,(H,19,20,22)/t13-/m1/s1. The van der Waals surface area contributed by atoms with E-state index in [1.165, 1.54) is 6.07 Å². The predicted octanol–water partition coefficient (Wildman–Crippen LogP) is 2.61. The molecule has 7 nitrogen and oxygen atoms in total. The Morgan fingerprint density at radius 3 is 2.88 bits per heavy atom. The molecule has 2 heterocycles. The molecule has 0 radical (unpaired) electrons. The number of piperidine rings is 1. The fourth-order valence-electron chi connectivity index (χ4n) is 2.97. The molecule has 1 aliphatic heterocycles. The molecule has 1 saturated heterocycles. The molecule has 1 atom stereocenters. The van der Waals surface area contributed by atoms with Gasteiger partial charge >= 0.3 is 0 Å². The van der Waals surface area contributed by atoms with Crippen LogP contribution in [0.1, 0.15) is 18.5 Å². The van der Waals surface area contributed by atoms with E-state index in [1.807, 2.05) is 6.92 Å². The Bertz CT molecular complexity index is 785. The van der Waals surface area contributed by atoms with Crippen molar-refractivity contribution in [3.05, 3.63) is 35.3 Å². The van der Waals surface area contributed by atoms with Crippen molar-refractivity contribution in [3.8, 4) is 17.0 Å². The van der Waals surface area contributed by atoms with Gasteiger partial charge in [-0.1, -0.05) is 12.1 Å². The zero-order chi connectivity index (χ0) is 17.1. The molecule has 2 N–H and O–H groups in total. The lowest BCUT2D eigenvalue weighted by Gasteiger charge is -2.30. The molecule has 0 bridgehead atoms. The van der Waals surface area contributed by atoms with Gasteiger partial charge in [0.25, 0.3) is 0 Å². The van der Waals surface area contributed by atoms with E-state index in [0.717, 1.165) is 25.9 Å². The first-order valence-electron chi connectivity index (χ1n) is 7.94. The number of anilines is 1. The number of nitrogens with one attached hydrogen (secondary N) is 1. The molecule has 0 amide bonds. The van der Waals surface area contributed by atoms with Crippen molar-refractivity contribution >= 4 is 11.6 Å². The van der Waals surface area contributed by atoms with Crippen LogP contribution in [0.15, 0.2) is 18.2 Å². The van der Waals surface area contributed by atoms with Crippen molar-refractivity contribution in [2.75, 3.05) is 25.5 Å². The molecule has 0 unspecified atom stereocenters. The number of hydrogen-bond donors (Lipinski definition) is 2. The van der Waals surface area contributed by atoms with E-state index >= 15 is 0 Å². The van der Waals surface area contributed by atoms with E-state index in [9.17, 15) is 5.11 Å². The van der Waals surface area contributed by atoms with Crippen LogP contribution >= 0.6 is 0 Å². The number of benzene rings is 1. The number of likely N-dealkylation sites (tertiary alicyclic amines) is 1. The van der Waals surface area contributed by atoms with Crippen LogP contribution in [0.3, 0.4) is 0 Å². The number of aromatic hydroxyl groups is 1. The number of likely N-dealkylation sites (N-methyl/N-ethyl adjacent to an activating group) is 1. The van der Waals surface area contributed by atoms with Gasteiger partial charge in [0.05, 0.1) is 12.3 Å². The Labute approximate surface area is 141 Å². The van der Waals surface area contributed by atoms with Crippen LogP contribution in [-0.2, 0) is 0 Å². The first-order valence-corrected chi connectivity index (χ1v) is 7.94. The zero-order valence-corrected chi connectivity index (χ0v) is 13.8. The first kappa shape index (κ1) is 16.1. The minimum atomic E-state index is 0.0114. The lowest BCUT2D eigenvalue weighted by Crippen LogP contribution is -2.40. The largest absolute Gasteiger partial charge is 0.509 e. The first-order chi connectivity index (χ1) is 11.6. The Balaban J connectivity index is 1.81. The van der Waals surface area contributed by atoms with E-state index in [-0.39, 0.29) is 5.75 Å². The second kappa shape index (κ2) is 6.81. The van der Waals surface area contributed by atoms with Crippen molar-refractivity contribution in [2.45, 2.75) is 25.8 Å². The topological polar surface area (TPSA) is 78.5 Å². The fourth-order valence-corrected chi connectivity index (χ4v) is 2.97. The molecule has 0 saturated carbocycles. The highest BCUT2D eigenvalue weighted by Crippen LogP contribution is 2.32. The molecule has 1 aliphatic rings. The molecular weight excluding hydrogens is 304 g/mol. The van der Waals surface area contributed by atoms with E-state index in [4.69, 9.17) is 6.57 Å². The Hall–Kier alpha value is -2.72. The fraction of sp³-hybridized carbons (Fsp3) is 0.412. The highest BCUT2D eigenvalue weighted by Gasteiger charge is 2.19. The summed E-state index contributed by atoms with van der Waals surface area (Å²) in [6.07, 6.45) is 2.24. The number of rotatable bonds is 3. The smallest absolute Gasteiger partial charge is 0.243 e. The maximum Gasteiger partial charge on any atom is 0.243 e. The summed E-state index contributed by atoms with van der Waals surface area (Å²) < 4.78 is 0. The molecule has 0 spiro atoms. The summed E-state index contributed by atoms with van der Waals surface area (Å²) >= 11 is 0. The highest BCUT2D eigenvalue weighted by atomic mass is 16.3. The molecule has 124 valence electrons. The van der Waals surface area contributed by atoms with E-state index in [1.54, 1.807) is 12.1 Å². The van der Waals surface area contributed by atoms with Crippen LogP contribution in [-0.4, -0.2) is 51.4 Å². The van der Waals surface area contributed by atoms with Gasteiger partial charge in [-0.05, 0) is 39.4 Å². The minimum absolute atomic E-state index is 0.0114. The molecular formula is C17H20N6O. The number of hydrogen-bond acceptors (Lipinski definition) is 6. The van der Waals surface area contributed by atoms with E-state index in [2.05, 4.69) is 37.3 Å². The molecule has 24 heavy (non-hydrogen) atoms. The second-order valence-electron chi connectivity index (χ2n) is 6.13. The maximum absolute atomic E-state index is 10.1. The van der Waals surface area contributed by atoms with Crippen molar-refractivity contribution in [3.63, 3.8) is 0 Å². The van der Waals surface area contributed by atoms with Crippen LogP contribution in [0.25, 0.3) is 16.1 Å². The Morgan fingerprint density at radius 2 is 2.21 bits per heavy atom. The van der Waals surface area contributed by atoms with Gasteiger partial charge in [0.2, 0.25) is 5.95 Å². The quantitative estimate of drug-likeness (QED) is 0.845. The van der Waals surface area contributed by atoms with Crippen LogP contribution in [0.4, 0.5) is 11.6 Å². The summed E-state index contributed by atoms with van der Waals surface area (Å²) in [5, 5.41) is 21.8. The molecule has 1 fully saturated rings. The summed E-state index contributed by atoms with van der Waals surface area (Å²) in [4.78, 5) is 10.1. The van der Waals surface area contributed by atoms with Gasteiger partial charge in [-0.3, -0.25) is 0 Å². The third kappa shape index (κ3) is 3.44. The van der Waals surface area contributed by atoms with Crippen LogP contribution in [0.5, 0.6) is 5.75 Å². The number of aromatic nitrogens is 3. The summed E-state index contributed by atoms with van der Waals surface area (Å²) in [6.45, 7) is 10.9. The van der Waals surface area contributed by atoms with Crippen LogP contribution in [0, 0.1) is 13.5 Å². The molecule has 1 aromatic carbocycles. The highest BCUT2D eigenvalue weighted by molar-refractivity contribution is 5.71. The number of aryl methyl sites for hydroxylation is 1. The van der Waals surface area contributed by atoms with Gasteiger partial charge in [0.1, 0.15) is 11.4 Å². The van der Waals surface area contributed by atoms with Crippen LogP contribution in [0.2, 0.25) is 0 Å². The van der Waals surface area contributed by atoms with Gasteiger partial charge in [-0.25, -0.2) is 9.83 Å². The molecule has 0 aliphatic carbocycles. The average Bonchev–Trinajstić information content (AvgIpc) is 2.55. The van der Waals surface area contributed by atoms with Gasteiger partial charge in [-0.15, -0.1) is 10.2 Å². The average molecular weight is 324 g/mol. The van der Waals surface area contributed by atoms with E-state index < -0.39 is 0 Å². The van der Waals surface area contributed by atoms with Gasteiger partial charge < -0.3 is 15.3 Å². The zero-order valence-electron chi connectivity index (χ0n) is 13.8. The van der Waals surface area contributed by atoms with Crippen molar-refractivity contribution in [1.29, 1.82) is 0 Å².